The summed E-state index contributed by atoms with van der Waals surface area (Å²) in [4.78, 5) is 32.5. The molecule has 4 aromatic rings. The van der Waals surface area contributed by atoms with E-state index in [1.165, 1.54) is 11.1 Å². The quantitative estimate of drug-likeness (QED) is 0.170. The minimum absolute atomic E-state index is 0.206. The van der Waals surface area contributed by atoms with Gasteiger partial charge in [0.2, 0.25) is 0 Å². The number of piperidine rings is 2. The summed E-state index contributed by atoms with van der Waals surface area (Å²) in [5.74, 6) is 1.16. The molecular formula is C46H42N2O8. The van der Waals surface area contributed by atoms with E-state index in [1.54, 1.807) is 24.3 Å². The van der Waals surface area contributed by atoms with Crippen molar-refractivity contribution in [2.45, 2.75) is 73.0 Å². The standard InChI is InChI=1S/C46H42N2O8/c1-47-17-15-45-29-9-11-33(49)41(45)55-39-35(13-7-24(37(39)45)21-31(29)47)53-43(51)26-5-3-23-4-6-27(20-28(23)19-26)44(52)54-36-14-8-25-22-32-30-10-12-34(50)42-46(30,16-18-48(32)2)38(25)40(36)56-42/h3-14,19-20,29-34,41-42,49-50H,15-18,21-22H2,1-2H3/t29?,30?,31-,32-,33+,34+,41+,42+,45+,46+/m1/s1. The highest BCUT2D eigenvalue weighted by molar-refractivity contribution is 6.00. The Morgan fingerprint density at radius 1 is 0.643 bits per heavy atom. The van der Waals surface area contributed by atoms with Gasteiger partial charge in [0.05, 0.1) is 11.1 Å². The maximum absolute atomic E-state index is 13.8. The fourth-order valence-corrected chi connectivity index (χ4v) is 12.4. The van der Waals surface area contributed by atoms with Crippen LogP contribution in [-0.4, -0.2) is 95.6 Å². The van der Waals surface area contributed by atoms with Gasteiger partial charge in [0, 0.05) is 45.9 Å². The van der Waals surface area contributed by atoms with Gasteiger partial charge in [0.15, 0.2) is 23.0 Å². The minimum Gasteiger partial charge on any atom is -0.482 e. The van der Waals surface area contributed by atoms with Gasteiger partial charge >= 0.3 is 11.9 Å². The SMILES string of the molecule is CN1CC[C@]23c4c5ccc(OC(=O)c6ccc7ccc(C(=O)Oc8ccc9c%10c8O[C@H]8[C@@H](O)C=CC%11[C@@H](C9)N(C)CC[C@@]%10%118)cc7c6)c4O[C@H]2[C@@H](O)C=CC3[C@H]1C5. The van der Waals surface area contributed by atoms with E-state index in [2.05, 4.69) is 48.2 Å². The number of likely N-dealkylation sites (tertiary alicyclic amines) is 2. The number of aliphatic hydroxyl groups excluding tert-OH is 2. The molecule has 10 heteroatoms. The van der Waals surface area contributed by atoms with Gasteiger partial charge in [-0.25, -0.2) is 9.59 Å². The molecule has 10 atom stereocenters. The molecule has 2 unspecified atom stereocenters. The van der Waals surface area contributed by atoms with Crippen molar-refractivity contribution in [3.63, 3.8) is 0 Å². The van der Waals surface area contributed by atoms with Crippen LogP contribution in [0.15, 0.2) is 85.0 Å². The lowest BCUT2D eigenvalue weighted by Crippen LogP contribution is -2.64. The maximum Gasteiger partial charge on any atom is 0.343 e. The number of ether oxygens (including phenoxy) is 4. The Morgan fingerprint density at radius 3 is 1.57 bits per heavy atom. The van der Waals surface area contributed by atoms with Crippen molar-refractivity contribution in [2.75, 3.05) is 27.2 Å². The molecule has 0 aromatic heterocycles. The molecule has 2 saturated heterocycles. The van der Waals surface area contributed by atoms with Crippen LogP contribution < -0.4 is 18.9 Å². The van der Waals surface area contributed by atoms with Crippen molar-refractivity contribution in [1.82, 2.24) is 9.80 Å². The molecule has 4 bridgehead atoms. The number of carbonyl (C=O) groups is 2. The smallest absolute Gasteiger partial charge is 0.343 e. The Labute approximate surface area is 323 Å². The molecule has 4 aliphatic carbocycles. The minimum atomic E-state index is -0.749. The van der Waals surface area contributed by atoms with Crippen LogP contribution in [-0.2, 0) is 23.7 Å². The molecule has 4 heterocycles. The zero-order valence-electron chi connectivity index (χ0n) is 31.2. The van der Waals surface area contributed by atoms with Crippen LogP contribution in [0.1, 0.15) is 55.8 Å². The first-order valence-electron chi connectivity index (χ1n) is 19.9. The average molecular weight is 751 g/mol. The normalized spacial score (nSPS) is 35.0. The molecule has 4 aliphatic heterocycles. The highest BCUT2D eigenvalue weighted by Gasteiger charge is 2.66. The van der Waals surface area contributed by atoms with Gasteiger partial charge in [0.1, 0.15) is 24.4 Å². The van der Waals surface area contributed by atoms with Gasteiger partial charge in [-0.05, 0) is 111 Å². The second kappa shape index (κ2) is 11.3. The van der Waals surface area contributed by atoms with E-state index in [0.29, 0.717) is 51.6 Å². The van der Waals surface area contributed by atoms with Crippen molar-refractivity contribution in [3.05, 3.63) is 118 Å². The van der Waals surface area contributed by atoms with Crippen molar-refractivity contribution in [1.29, 1.82) is 0 Å². The second-order valence-electron chi connectivity index (χ2n) is 17.4. The molecular weight excluding hydrogens is 709 g/mol. The predicted molar refractivity (Wildman–Crippen MR) is 206 cm³/mol. The van der Waals surface area contributed by atoms with Gasteiger partial charge in [-0.15, -0.1) is 0 Å². The van der Waals surface area contributed by atoms with E-state index in [9.17, 15) is 19.8 Å². The van der Waals surface area contributed by atoms with Crippen molar-refractivity contribution < 1.29 is 38.7 Å². The average Bonchev–Trinajstić information content (AvgIpc) is 3.75. The molecule has 2 N–H and O–H groups in total. The van der Waals surface area contributed by atoms with E-state index < -0.39 is 36.4 Å². The van der Waals surface area contributed by atoms with Gasteiger partial charge < -0.3 is 39.0 Å². The van der Waals surface area contributed by atoms with Gasteiger partial charge in [-0.1, -0.05) is 48.6 Å². The first kappa shape index (κ1) is 33.2. The molecule has 0 radical (unpaired) electrons. The number of benzene rings is 4. The lowest BCUT2D eigenvalue weighted by atomic mass is 9.53. The van der Waals surface area contributed by atoms with E-state index in [1.807, 2.05) is 36.4 Å². The van der Waals surface area contributed by atoms with Crippen LogP contribution in [0.4, 0.5) is 0 Å². The van der Waals surface area contributed by atoms with Crippen molar-refractivity contribution in [3.8, 4) is 23.0 Å². The fourth-order valence-electron chi connectivity index (χ4n) is 12.4. The second-order valence-corrected chi connectivity index (χ2v) is 17.4. The Kier molecular flexibility index (Phi) is 6.70. The highest BCUT2D eigenvalue weighted by Crippen LogP contribution is 2.64. The summed E-state index contributed by atoms with van der Waals surface area (Å²) in [6.45, 7) is 1.81. The Bertz CT molecular complexity index is 2330. The molecule has 56 heavy (non-hydrogen) atoms. The number of nitrogens with zero attached hydrogens (tertiary/aromatic N) is 2. The zero-order valence-corrected chi connectivity index (χ0v) is 31.2. The summed E-state index contributed by atoms with van der Waals surface area (Å²) >= 11 is 0. The summed E-state index contributed by atoms with van der Waals surface area (Å²) in [5.41, 5.74) is 4.48. The lowest BCUT2D eigenvalue weighted by Gasteiger charge is -2.56. The number of fused-ring (bicyclic) bond motifs is 1. The van der Waals surface area contributed by atoms with Gasteiger partial charge in [-0.2, -0.15) is 0 Å². The Morgan fingerprint density at radius 2 is 1.11 bits per heavy atom. The third-order valence-electron chi connectivity index (χ3n) is 15.0. The van der Waals surface area contributed by atoms with E-state index in [0.717, 1.165) is 55.3 Å². The summed E-state index contributed by atoms with van der Waals surface area (Å²) < 4.78 is 25.4. The van der Waals surface area contributed by atoms with E-state index >= 15 is 0 Å². The molecule has 10 nitrogen and oxygen atoms in total. The van der Waals surface area contributed by atoms with Crippen LogP contribution in [0.5, 0.6) is 23.0 Å². The number of esters is 2. The number of aliphatic hydroxyl groups is 2. The third kappa shape index (κ3) is 4.15. The van der Waals surface area contributed by atoms with E-state index in [-0.39, 0.29) is 22.7 Å². The summed E-state index contributed by atoms with van der Waals surface area (Å²) in [7, 11) is 4.34. The van der Waals surface area contributed by atoms with Crippen LogP contribution in [0, 0.1) is 11.8 Å². The molecule has 4 aromatic carbocycles. The maximum atomic E-state index is 13.8. The van der Waals surface area contributed by atoms with E-state index in [4.69, 9.17) is 18.9 Å². The predicted octanol–water partition coefficient (Wildman–Crippen LogP) is 4.89. The first-order chi connectivity index (χ1) is 27.2. The van der Waals surface area contributed by atoms with Crippen LogP contribution in [0.2, 0.25) is 0 Å². The largest absolute Gasteiger partial charge is 0.482 e. The number of hydrogen-bond donors (Lipinski definition) is 2. The molecule has 2 spiro atoms. The summed E-state index contributed by atoms with van der Waals surface area (Å²) in [6.07, 6.45) is 9.14. The van der Waals surface area contributed by atoms with Crippen LogP contribution in [0.3, 0.4) is 0 Å². The lowest BCUT2D eigenvalue weighted by molar-refractivity contribution is -0.0453. The highest BCUT2D eigenvalue weighted by atomic mass is 16.6. The monoisotopic (exact) mass is 750 g/mol. The number of rotatable bonds is 4. The van der Waals surface area contributed by atoms with Crippen LogP contribution >= 0.6 is 0 Å². The summed E-state index contributed by atoms with van der Waals surface area (Å²) in [5, 5.41) is 23.8. The molecule has 2 fully saturated rings. The zero-order chi connectivity index (χ0) is 37.8. The van der Waals surface area contributed by atoms with Crippen molar-refractivity contribution >= 4 is 22.7 Å². The molecule has 0 amide bonds. The molecule has 0 saturated carbocycles. The third-order valence-corrected chi connectivity index (χ3v) is 15.0. The molecule has 284 valence electrons. The van der Waals surface area contributed by atoms with Crippen LogP contribution in [0.25, 0.3) is 10.8 Å². The summed E-state index contributed by atoms with van der Waals surface area (Å²) in [6, 6.07) is 19.0. The topological polar surface area (TPSA) is 118 Å². The molecule has 8 aliphatic rings. The van der Waals surface area contributed by atoms with Gasteiger partial charge in [0.25, 0.3) is 0 Å². The molecule has 12 rings (SSSR count). The van der Waals surface area contributed by atoms with Crippen molar-refractivity contribution in [2.24, 2.45) is 11.8 Å². The Balaban J connectivity index is 0.833. The number of likely N-dealkylation sites (N-methyl/N-ethyl adjacent to an activating group) is 2. The first-order valence-corrected chi connectivity index (χ1v) is 19.9. The van der Waals surface area contributed by atoms with Gasteiger partial charge in [-0.3, -0.25) is 0 Å². The Hall–Kier alpha value is -5.00. The fraction of sp³-hybridized carbons (Fsp3) is 0.391. The number of carbonyl (C=O) groups excluding carboxylic acids is 2. The number of hydrogen-bond acceptors (Lipinski definition) is 10.